The molecular weight excluding hydrogens is 410 g/mol. The van der Waals surface area contributed by atoms with Crippen LogP contribution in [-0.4, -0.2) is 11.7 Å². The fraction of sp³-hybridized carbons (Fsp3) is 0.200. The maximum atomic E-state index is 12.2. The molecule has 0 amide bonds. The van der Waals surface area contributed by atoms with Crippen LogP contribution >= 0.6 is 31.9 Å². The second kappa shape index (κ2) is 7.22. The van der Waals surface area contributed by atoms with Crippen LogP contribution in [0, 0.1) is 0 Å². The molecule has 2 aromatic carbocycles. The first kappa shape index (κ1) is 16.2. The number of halogens is 4. The van der Waals surface area contributed by atoms with Crippen LogP contribution in [0.4, 0.5) is 8.78 Å². The van der Waals surface area contributed by atoms with Crippen LogP contribution in [-0.2, 0) is 12.8 Å². The lowest BCUT2D eigenvalue weighted by Crippen LogP contribution is -2.02. The van der Waals surface area contributed by atoms with E-state index in [0.717, 1.165) is 17.5 Å². The van der Waals surface area contributed by atoms with Crippen molar-refractivity contribution < 1.29 is 18.6 Å². The molecule has 0 radical (unpaired) electrons. The summed E-state index contributed by atoms with van der Waals surface area (Å²) in [5.74, 6) is 0.321. The number of phenolic OH excluding ortho intramolecular Hbond substituents is 1. The summed E-state index contributed by atoms with van der Waals surface area (Å²) in [7, 11) is 0. The molecule has 0 heterocycles. The number of hydrogen-bond donors (Lipinski definition) is 1. The van der Waals surface area contributed by atoms with Crippen molar-refractivity contribution in [1.82, 2.24) is 0 Å². The average Bonchev–Trinajstić information content (AvgIpc) is 2.42. The van der Waals surface area contributed by atoms with Gasteiger partial charge in [0.05, 0.1) is 8.95 Å². The molecule has 0 aliphatic heterocycles. The minimum atomic E-state index is -2.82. The number of aromatic hydroxyl groups is 1. The quantitative estimate of drug-likeness (QED) is 0.709. The third-order valence-electron chi connectivity index (χ3n) is 2.90. The highest BCUT2D eigenvalue weighted by Crippen LogP contribution is 2.33. The molecule has 0 saturated heterocycles. The van der Waals surface area contributed by atoms with Crippen LogP contribution in [0.3, 0.4) is 0 Å². The molecule has 0 unspecified atom stereocenters. The summed E-state index contributed by atoms with van der Waals surface area (Å²) in [6, 6.07) is 10.3. The number of aryl methyl sites for hydroxylation is 2. The number of hydrogen-bond acceptors (Lipinski definition) is 2. The molecule has 1 N–H and O–H groups in total. The Hall–Kier alpha value is -1.14. The van der Waals surface area contributed by atoms with Gasteiger partial charge >= 0.3 is 6.61 Å². The summed E-state index contributed by atoms with van der Waals surface area (Å²) in [5, 5.41) is 9.65. The van der Waals surface area contributed by atoms with Crippen molar-refractivity contribution in [3.8, 4) is 11.5 Å². The van der Waals surface area contributed by atoms with Crippen LogP contribution < -0.4 is 4.74 Å². The van der Waals surface area contributed by atoms with Gasteiger partial charge in [0, 0.05) is 0 Å². The van der Waals surface area contributed by atoms with Crippen molar-refractivity contribution in [3.63, 3.8) is 0 Å². The molecule has 21 heavy (non-hydrogen) atoms. The van der Waals surface area contributed by atoms with Crippen LogP contribution in [0.2, 0.25) is 0 Å². The predicted molar refractivity (Wildman–Crippen MR) is 84.0 cm³/mol. The fourth-order valence-electron chi connectivity index (χ4n) is 1.93. The van der Waals surface area contributed by atoms with Crippen LogP contribution in [0.25, 0.3) is 0 Å². The van der Waals surface area contributed by atoms with Crippen molar-refractivity contribution in [2.45, 2.75) is 19.5 Å². The predicted octanol–water partition coefficient (Wildman–Crippen LogP) is 5.30. The molecule has 6 heteroatoms. The third kappa shape index (κ3) is 4.68. The van der Waals surface area contributed by atoms with E-state index in [1.165, 1.54) is 6.07 Å². The van der Waals surface area contributed by atoms with E-state index in [0.29, 0.717) is 15.4 Å². The first-order chi connectivity index (χ1) is 9.95. The molecule has 0 aromatic heterocycles. The van der Waals surface area contributed by atoms with Crippen LogP contribution in [0.1, 0.15) is 11.1 Å². The lowest BCUT2D eigenvalue weighted by molar-refractivity contribution is -0.0498. The second-order valence-electron chi connectivity index (χ2n) is 4.43. The summed E-state index contributed by atoms with van der Waals surface area (Å²) >= 11 is 6.56. The highest BCUT2D eigenvalue weighted by molar-refractivity contribution is 9.11. The van der Waals surface area contributed by atoms with Gasteiger partial charge in [-0.1, -0.05) is 12.1 Å². The van der Waals surface area contributed by atoms with Crippen molar-refractivity contribution in [2.75, 3.05) is 0 Å². The number of benzene rings is 2. The van der Waals surface area contributed by atoms with Gasteiger partial charge in [-0.25, -0.2) is 0 Å². The molecule has 2 rings (SSSR count). The third-order valence-corrected chi connectivity index (χ3v) is 4.11. The first-order valence-electron chi connectivity index (χ1n) is 6.16. The number of ether oxygens (including phenoxy) is 1. The molecule has 0 bridgehead atoms. The minimum Gasteiger partial charge on any atom is -0.506 e. The van der Waals surface area contributed by atoms with Gasteiger partial charge in [-0.2, -0.15) is 8.78 Å². The Morgan fingerprint density at radius 3 is 2.24 bits per heavy atom. The van der Waals surface area contributed by atoms with Crippen LogP contribution in [0.15, 0.2) is 45.3 Å². The zero-order valence-corrected chi connectivity index (χ0v) is 14.0. The highest BCUT2D eigenvalue weighted by atomic mass is 79.9. The van der Waals surface area contributed by atoms with E-state index in [-0.39, 0.29) is 11.5 Å². The fourth-order valence-corrected chi connectivity index (χ4v) is 3.21. The van der Waals surface area contributed by atoms with Gasteiger partial charge < -0.3 is 9.84 Å². The van der Waals surface area contributed by atoms with E-state index in [1.807, 2.05) is 18.2 Å². The monoisotopic (exact) mass is 420 g/mol. The summed E-state index contributed by atoms with van der Waals surface area (Å²) in [6.07, 6.45) is 1.40. The Kier molecular flexibility index (Phi) is 5.58. The SMILES string of the molecule is Oc1c(Br)cc(CCc2cccc(OC(F)F)c2)cc1Br. The largest absolute Gasteiger partial charge is 0.506 e. The second-order valence-corrected chi connectivity index (χ2v) is 6.14. The molecule has 0 spiro atoms. The lowest BCUT2D eigenvalue weighted by Gasteiger charge is -2.08. The Morgan fingerprint density at radius 1 is 1.00 bits per heavy atom. The van der Waals surface area contributed by atoms with Gasteiger partial charge in [-0.15, -0.1) is 0 Å². The van der Waals surface area contributed by atoms with E-state index >= 15 is 0 Å². The van der Waals surface area contributed by atoms with Gasteiger partial charge in [-0.05, 0) is 80.1 Å². The van der Waals surface area contributed by atoms with Crippen molar-refractivity contribution >= 4 is 31.9 Å². The smallest absolute Gasteiger partial charge is 0.387 e. The molecule has 2 aromatic rings. The zero-order chi connectivity index (χ0) is 15.4. The standard InChI is InChI=1S/C15H12Br2F2O2/c16-12-7-10(8-13(17)14(12)20)5-4-9-2-1-3-11(6-9)21-15(18)19/h1-3,6-8,15,20H,4-5H2. The molecule has 0 saturated carbocycles. The molecule has 0 aliphatic carbocycles. The number of rotatable bonds is 5. The molecule has 2 nitrogen and oxygen atoms in total. The lowest BCUT2D eigenvalue weighted by atomic mass is 10.0. The Bertz CT molecular complexity index is 610. The topological polar surface area (TPSA) is 29.5 Å². The van der Waals surface area contributed by atoms with E-state index in [4.69, 9.17) is 0 Å². The van der Waals surface area contributed by atoms with Crippen LogP contribution in [0.5, 0.6) is 11.5 Å². The Labute approximate surface area is 138 Å². The van der Waals surface area contributed by atoms with Gasteiger partial charge in [-0.3, -0.25) is 0 Å². The Morgan fingerprint density at radius 2 is 1.62 bits per heavy atom. The summed E-state index contributed by atoms with van der Waals surface area (Å²) in [4.78, 5) is 0. The van der Waals surface area contributed by atoms with E-state index in [1.54, 1.807) is 12.1 Å². The van der Waals surface area contributed by atoms with Gasteiger partial charge in [0.25, 0.3) is 0 Å². The first-order valence-corrected chi connectivity index (χ1v) is 7.75. The van der Waals surface area contributed by atoms with Crippen molar-refractivity contribution in [2.24, 2.45) is 0 Å². The van der Waals surface area contributed by atoms with Crippen molar-refractivity contribution in [3.05, 3.63) is 56.5 Å². The summed E-state index contributed by atoms with van der Waals surface area (Å²) in [5.41, 5.74) is 1.93. The van der Waals surface area contributed by atoms with E-state index < -0.39 is 6.61 Å². The maximum absolute atomic E-state index is 12.2. The van der Waals surface area contributed by atoms with Gasteiger partial charge in [0.2, 0.25) is 0 Å². The minimum absolute atomic E-state index is 0.158. The van der Waals surface area contributed by atoms with E-state index in [2.05, 4.69) is 36.6 Å². The van der Waals surface area contributed by atoms with Gasteiger partial charge in [0.15, 0.2) is 0 Å². The molecule has 112 valence electrons. The van der Waals surface area contributed by atoms with Crippen molar-refractivity contribution in [1.29, 1.82) is 0 Å². The molecule has 0 fully saturated rings. The van der Waals surface area contributed by atoms with E-state index in [9.17, 15) is 13.9 Å². The summed E-state index contributed by atoms with van der Waals surface area (Å²) < 4.78 is 30.0. The number of phenols is 1. The highest BCUT2D eigenvalue weighted by Gasteiger charge is 2.07. The normalized spacial score (nSPS) is 10.9. The average molecular weight is 422 g/mol. The van der Waals surface area contributed by atoms with Gasteiger partial charge in [0.1, 0.15) is 11.5 Å². The zero-order valence-electron chi connectivity index (χ0n) is 10.8. The Balaban J connectivity index is 2.06. The molecule has 0 aliphatic rings. The number of alkyl halides is 2. The molecular formula is C15H12Br2F2O2. The summed E-state index contributed by atoms with van der Waals surface area (Å²) in [6.45, 7) is -2.82. The maximum Gasteiger partial charge on any atom is 0.387 e. The molecule has 0 atom stereocenters.